The number of halogens is 1. The van der Waals surface area contributed by atoms with Crippen LogP contribution < -0.4 is 20.1 Å². The van der Waals surface area contributed by atoms with Gasteiger partial charge in [-0.2, -0.15) is 5.26 Å². The van der Waals surface area contributed by atoms with E-state index in [1.165, 1.54) is 4.57 Å². The SMILES string of the molecule is CC(C)Oc1cnc(N2CC[C@@H]3CN(c4c(C#N)c(=O)n(C)c5ccc(Cl)nc45)CC[C@@H]32)nc1. The first kappa shape index (κ1) is 22.4. The van der Waals surface area contributed by atoms with Crippen LogP contribution in [-0.2, 0) is 7.05 Å². The van der Waals surface area contributed by atoms with E-state index in [1.807, 2.05) is 13.8 Å². The number of ether oxygens (including phenoxy) is 1. The zero-order chi connectivity index (χ0) is 24.0. The Bertz CT molecular complexity index is 1330. The van der Waals surface area contributed by atoms with Crippen LogP contribution in [0.25, 0.3) is 11.0 Å². The van der Waals surface area contributed by atoms with Gasteiger partial charge < -0.3 is 19.1 Å². The van der Waals surface area contributed by atoms with Crippen molar-refractivity contribution in [2.45, 2.75) is 38.8 Å². The van der Waals surface area contributed by atoms with E-state index in [0.29, 0.717) is 52.1 Å². The van der Waals surface area contributed by atoms with Crippen LogP contribution in [0.3, 0.4) is 0 Å². The van der Waals surface area contributed by atoms with Crippen molar-refractivity contribution in [2.24, 2.45) is 13.0 Å². The summed E-state index contributed by atoms with van der Waals surface area (Å²) >= 11 is 6.20. The van der Waals surface area contributed by atoms with Gasteiger partial charge in [-0.1, -0.05) is 11.6 Å². The van der Waals surface area contributed by atoms with Crippen LogP contribution in [-0.4, -0.2) is 51.3 Å². The minimum atomic E-state index is -0.318. The van der Waals surface area contributed by atoms with E-state index in [2.05, 4.69) is 30.8 Å². The molecule has 0 saturated carbocycles. The third kappa shape index (κ3) is 3.82. The predicted molar refractivity (Wildman–Crippen MR) is 131 cm³/mol. The molecule has 0 unspecified atom stereocenters. The fraction of sp³-hybridized carbons (Fsp3) is 0.458. The molecule has 2 aliphatic heterocycles. The van der Waals surface area contributed by atoms with Gasteiger partial charge in [0.1, 0.15) is 22.3 Å². The first-order valence-electron chi connectivity index (χ1n) is 11.5. The lowest BCUT2D eigenvalue weighted by Gasteiger charge is -2.39. The summed E-state index contributed by atoms with van der Waals surface area (Å²) in [5.74, 6) is 1.73. The molecule has 0 radical (unpaired) electrons. The molecule has 0 aliphatic carbocycles. The molecule has 9 nitrogen and oxygen atoms in total. The van der Waals surface area contributed by atoms with Crippen molar-refractivity contribution in [2.75, 3.05) is 29.4 Å². The van der Waals surface area contributed by atoms with E-state index in [4.69, 9.17) is 16.3 Å². The molecule has 0 spiro atoms. The lowest BCUT2D eigenvalue weighted by molar-refractivity contribution is 0.240. The lowest BCUT2D eigenvalue weighted by atomic mass is 9.92. The highest BCUT2D eigenvalue weighted by Gasteiger charge is 2.40. The van der Waals surface area contributed by atoms with E-state index in [0.717, 1.165) is 25.9 Å². The monoisotopic (exact) mass is 479 g/mol. The Morgan fingerprint density at radius 2 is 1.97 bits per heavy atom. The summed E-state index contributed by atoms with van der Waals surface area (Å²) < 4.78 is 7.13. The number of rotatable bonds is 4. The average molecular weight is 480 g/mol. The highest BCUT2D eigenvalue weighted by atomic mass is 35.5. The van der Waals surface area contributed by atoms with Crippen LogP contribution in [0.4, 0.5) is 11.6 Å². The number of anilines is 2. The maximum atomic E-state index is 12.9. The number of piperidine rings is 1. The highest BCUT2D eigenvalue weighted by molar-refractivity contribution is 6.29. The number of aryl methyl sites for hydroxylation is 1. The third-order valence-corrected chi connectivity index (χ3v) is 6.90. The number of hydrogen-bond donors (Lipinski definition) is 0. The topological polar surface area (TPSA) is 100 Å². The molecule has 5 rings (SSSR count). The molecule has 0 N–H and O–H groups in total. The fourth-order valence-electron chi connectivity index (χ4n) is 5.21. The normalized spacial score (nSPS) is 20.0. The van der Waals surface area contributed by atoms with Gasteiger partial charge in [0.25, 0.3) is 5.56 Å². The Morgan fingerprint density at radius 1 is 1.21 bits per heavy atom. The molecule has 3 aromatic rings. The van der Waals surface area contributed by atoms with Gasteiger partial charge in [-0.3, -0.25) is 4.79 Å². The molecule has 3 aromatic heterocycles. The summed E-state index contributed by atoms with van der Waals surface area (Å²) in [6, 6.07) is 5.87. The Hall–Kier alpha value is -3.38. The van der Waals surface area contributed by atoms with Gasteiger partial charge in [0.2, 0.25) is 5.95 Å². The largest absolute Gasteiger partial charge is 0.488 e. The number of nitrogens with zero attached hydrogens (tertiary/aromatic N) is 7. The predicted octanol–water partition coefficient (Wildman–Crippen LogP) is 3.14. The molecule has 2 aliphatic rings. The molecule has 10 heteroatoms. The number of nitriles is 1. The second-order valence-corrected chi connectivity index (χ2v) is 9.52. The molecule has 2 fully saturated rings. The Balaban J connectivity index is 1.44. The van der Waals surface area contributed by atoms with Crippen molar-refractivity contribution in [3.8, 4) is 11.8 Å². The summed E-state index contributed by atoms with van der Waals surface area (Å²) in [4.78, 5) is 30.9. The number of hydrogen-bond acceptors (Lipinski definition) is 8. The molecule has 5 heterocycles. The summed E-state index contributed by atoms with van der Waals surface area (Å²) in [6.07, 6.45) is 5.37. The minimum absolute atomic E-state index is 0.0727. The molecule has 0 aromatic carbocycles. The molecule has 0 amide bonds. The molecule has 176 valence electrons. The smallest absolute Gasteiger partial charge is 0.270 e. The third-order valence-electron chi connectivity index (χ3n) is 6.69. The van der Waals surface area contributed by atoms with Gasteiger partial charge in [-0.15, -0.1) is 0 Å². The van der Waals surface area contributed by atoms with E-state index in [1.54, 1.807) is 31.6 Å². The molecule has 0 bridgehead atoms. The van der Waals surface area contributed by atoms with Crippen LogP contribution >= 0.6 is 11.6 Å². The summed E-state index contributed by atoms with van der Waals surface area (Å²) in [5.41, 5.74) is 1.63. The van der Waals surface area contributed by atoms with Crippen LogP contribution in [0.5, 0.6) is 5.75 Å². The highest BCUT2D eigenvalue weighted by Crippen LogP contribution is 2.37. The molecule has 2 saturated heterocycles. The number of aromatic nitrogens is 4. The van der Waals surface area contributed by atoms with Gasteiger partial charge in [-0.05, 0) is 44.7 Å². The lowest BCUT2D eigenvalue weighted by Crippen LogP contribution is -2.47. The van der Waals surface area contributed by atoms with Gasteiger partial charge in [0.15, 0.2) is 5.75 Å². The molecule has 34 heavy (non-hydrogen) atoms. The quantitative estimate of drug-likeness (QED) is 0.526. The van der Waals surface area contributed by atoms with Gasteiger partial charge in [0, 0.05) is 32.7 Å². The maximum Gasteiger partial charge on any atom is 0.270 e. The van der Waals surface area contributed by atoms with Crippen molar-refractivity contribution < 1.29 is 4.74 Å². The summed E-state index contributed by atoms with van der Waals surface area (Å²) in [5, 5.41) is 10.2. The van der Waals surface area contributed by atoms with Crippen molar-refractivity contribution >= 4 is 34.3 Å². The Labute approximate surface area is 202 Å². The molecular weight excluding hydrogens is 454 g/mol. The second kappa shape index (κ2) is 8.76. The van der Waals surface area contributed by atoms with Crippen molar-refractivity contribution in [1.82, 2.24) is 19.5 Å². The number of pyridine rings is 2. The Kier molecular flexibility index (Phi) is 5.78. The van der Waals surface area contributed by atoms with Crippen LogP contribution in [0, 0.1) is 17.2 Å². The van der Waals surface area contributed by atoms with Crippen LogP contribution in [0.2, 0.25) is 5.15 Å². The first-order chi connectivity index (χ1) is 16.4. The molecular formula is C24H26ClN7O2. The summed E-state index contributed by atoms with van der Waals surface area (Å²) in [7, 11) is 1.66. The standard InChI is InChI=1S/C24H26ClN7O2/c1-14(2)34-16-11-27-24(28-12-16)32-9-6-15-13-31(8-7-18(15)32)22-17(10-26)23(33)30(3)19-4-5-20(25)29-21(19)22/h4-5,11-12,14-15,18H,6-9,13H2,1-3H3/t15-,18+/m1/s1. The van der Waals surface area contributed by atoms with Gasteiger partial charge >= 0.3 is 0 Å². The zero-order valence-corrected chi connectivity index (χ0v) is 20.2. The summed E-state index contributed by atoms with van der Waals surface area (Å²) in [6.45, 7) is 6.22. The van der Waals surface area contributed by atoms with E-state index in [9.17, 15) is 10.1 Å². The van der Waals surface area contributed by atoms with E-state index >= 15 is 0 Å². The van der Waals surface area contributed by atoms with Crippen LogP contribution in [0.15, 0.2) is 29.3 Å². The van der Waals surface area contributed by atoms with Gasteiger partial charge in [-0.25, -0.2) is 15.0 Å². The van der Waals surface area contributed by atoms with Crippen molar-refractivity contribution in [1.29, 1.82) is 5.26 Å². The minimum Gasteiger partial charge on any atom is -0.488 e. The van der Waals surface area contributed by atoms with E-state index < -0.39 is 0 Å². The average Bonchev–Trinajstić information content (AvgIpc) is 3.24. The Morgan fingerprint density at radius 3 is 2.68 bits per heavy atom. The van der Waals surface area contributed by atoms with Crippen molar-refractivity contribution in [3.05, 3.63) is 45.6 Å². The molecule has 2 atom stereocenters. The van der Waals surface area contributed by atoms with Crippen LogP contribution in [0.1, 0.15) is 32.3 Å². The van der Waals surface area contributed by atoms with Gasteiger partial charge in [0.05, 0.1) is 29.7 Å². The maximum absolute atomic E-state index is 12.9. The van der Waals surface area contributed by atoms with E-state index in [-0.39, 0.29) is 17.2 Å². The van der Waals surface area contributed by atoms with Crippen molar-refractivity contribution in [3.63, 3.8) is 0 Å². The fourth-order valence-corrected chi connectivity index (χ4v) is 5.35. The second-order valence-electron chi connectivity index (χ2n) is 9.13. The zero-order valence-electron chi connectivity index (χ0n) is 19.4. The first-order valence-corrected chi connectivity index (χ1v) is 11.8. The number of fused-ring (bicyclic) bond motifs is 2.